The van der Waals surface area contributed by atoms with Crippen molar-refractivity contribution < 1.29 is 4.79 Å². The number of benzene rings is 1. The summed E-state index contributed by atoms with van der Waals surface area (Å²) in [6, 6.07) is 6.00. The molecule has 1 atom stereocenters. The van der Waals surface area contributed by atoms with E-state index in [1.165, 1.54) is 30.5 Å². The van der Waals surface area contributed by atoms with E-state index >= 15 is 0 Å². The van der Waals surface area contributed by atoms with Crippen LogP contribution in [0.3, 0.4) is 0 Å². The molecule has 0 amide bonds. The summed E-state index contributed by atoms with van der Waals surface area (Å²) >= 11 is 1.99. The quantitative estimate of drug-likeness (QED) is 0.778. The summed E-state index contributed by atoms with van der Waals surface area (Å²) in [6.07, 6.45) is 6.98. The molecule has 98 valence electrons. The van der Waals surface area contributed by atoms with Crippen molar-refractivity contribution >= 4 is 23.7 Å². The molecular weight excluding hydrogens is 242 g/mol. The molecule has 1 heterocycles. The lowest BCUT2D eigenvalue weighted by Crippen LogP contribution is -2.25. The average Bonchev–Trinajstić information content (AvgIpc) is 2.63. The monoisotopic (exact) mass is 263 g/mol. The van der Waals surface area contributed by atoms with E-state index < -0.39 is 0 Å². The number of carbonyl (C=O) groups is 1. The van der Waals surface area contributed by atoms with Crippen molar-refractivity contribution in [2.75, 3.05) is 24.2 Å². The number of rotatable bonds is 3. The van der Waals surface area contributed by atoms with Crippen LogP contribution in [-0.2, 0) is 0 Å². The highest BCUT2D eigenvalue weighted by molar-refractivity contribution is 7.99. The second-order valence-electron chi connectivity index (χ2n) is 4.94. The zero-order chi connectivity index (χ0) is 13.0. The molecular formula is C15H21NOS. The molecule has 0 spiro atoms. The first-order chi connectivity index (χ1) is 8.74. The fourth-order valence-corrected chi connectivity index (χ4v) is 3.39. The normalized spacial score (nSPS) is 20.6. The van der Waals surface area contributed by atoms with E-state index in [1.807, 2.05) is 23.9 Å². The summed E-state index contributed by atoms with van der Waals surface area (Å²) in [5.74, 6) is 0. The molecule has 1 aromatic rings. The molecule has 0 N–H and O–H groups in total. The Kier molecular flexibility index (Phi) is 4.70. The smallest absolute Gasteiger partial charge is 0.150 e. The lowest BCUT2D eigenvalue weighted by Gasteiger charge is -2.25. The summed E-state index contributed by atoms with van der Waals surface area (Å²) in [4.78, 5) is 13.2. The van der Waals surface area contributed by atoms with Gasteiger partial charge in [0.1, 0.15) is 6.29 Å². The second kappa shape index (κ2) is 6.28. The molecule has 1 unspecified atom stereocenters. The van der Waals surface area contributed by atoms with Crippen molar-refractivity contribution in [3.63, 3.8) is 0 Å². The molecule has 0 aromatic heterocycles. The van der Waals surface area contributed by atoms with Gasteiger partial charge in [-0.05, 0) is 56.2 Å². The molecule has 0 bridgehead atoms. The van der Waals surface area contributed by atoms with Crippen molar-refractivity contribution in [3.8, 4) is 0 Å². The largest absolute Gasteiger partial charge is 0.371 e. The van der Waals surface area contributed by atoms with Crippen molar-refractivity contribution in [1.29, 1.82) is 0 Å². The van der Waals surface area contributed by atoms with Crippen molar-refractivity contribution in [3.05, 3.63) is 29.3 Å². The SMILES string of the molecule is CSC1CCCN(c2ccc(C=O)cc2C)CC1. The van der Waals surface area contributed by atoms with Crippen molar-refractivity contribution in [1.82, 2.24) is 0 Å². The van der Waals surface area contributed by atoms with Gasteiger partial charge in [0.25, 0.3) is 0 Å². The van der Waals surface area contributed by atoms with Gasteiger partial charge in [0, 0.05) is 29.6 Å². The third kappa shape index (κ3) is 3.08. The van der Waals surface area contributed by atoms with Gasteiger partial charge in [0.15, 0.2) is 0 Å². The van der Waals surface area contributed by atoms with Gasteiger partial charge in [0.2, 0.25) is 0 Å². The molecule has 3 heteroatoms. The van der Waals surface area contributed by atoms with Crippen LogP contribution >= 0.6 is 11.8 Å². The van der Waals surface area contributed by atoms with E-state index in [0.29, 0.717) is 0 Å². The van der Waals surface area contributed by atoms with Crippen LogP contribution in [0, 0.1) is 6.92 Å². The highest BCUT2D eigenvalue weighted by Crippen LogP contribution is 2.27. The van der Waals surface area contributed by atoms with Crippen LogP contribution in [-0.4, -0.2) is 30.9 Å². The van der Waals surface area contributed by atoms with E-state index in [1.54, 1.807) is 0 Å². The van der Waals surface area contributed by atoms with Gasteiger partial charge in [-0.3, -0.25) is 4.79 Å². The molecule has 1 aliphatic rings. The number of aldehydes is 1. The lowest BCUT2D eigenvalue weighted by atomic mass is 10.1. The summed E-state index contributed by atoms with van der Waals surface area (Å²) in [7, 11) is 0. The van der Waals surface area contributed by atoms with Crippen LogP contribution in [0.1, 0.15) is 35.2 Å². The average molecular weight is 263 g/mol. The van der Waals surface area contributed by atoms with E-state index in [4.69, 9.17) is 0 Å². The minimum absolute atomic E-state index is 0.771. The van der Waals surface area contributed by atoms with Gasteiger partial charge >= 0.3 is 0 Å². The molecule has 1 saturated heterocycles. The molecule has 2 nitrogen and oxygen atoms in total. The zero-order valence-electron chi connectivity index (χ0n) is 11.2. The Balaban J connectivity index is 2.13. The Morgan fingerprint density at radius 3 is 2.83 bits per heavy atom. The van der Waals surface area contributed by atoms with Crippen LogP contribution in [0.25, 0.3) is 0 Å². The molecule has 0 aliphatic carbocycles. The maximum Gasteiger partial charge on any atom is 0.150 e. The number of hydrogen-bond acceptors (Lipinski definition) is 3. The molecule has 18 heavy (non-hydrogen) atoms. The minimum Gasteiger partial charge on any atom is -0.371 e. The van der Waals surface area contributed by atoms with Crippen LogP contribution in [0.2, 0.25) is 0 Å². The Labute approximate surface area is 114 Å². The number of aryl methyl sites for hydroxylation is 1. The van der Waals surface area contributed by atoms with Crippen LogP contribution in [0.15, 0.2) is 18.2 Å². The molecule has 2 rings (SSSR count). The van der Waals surface area contributed by atoms with Gasteiger partial charge in [-0.15, -0.1) is 0 Å². The number of carbonyl (C=O) groups excluding carboxylic acids is 1. The van der Waals surface area contributed by atoms with Gasteiger partial charge in [0.05, 0.1) is 0 Å². The first-order valence-electron chi connectivity index (χ1n) is 6.58. The maximum absolute atomic E-state index is 10.8. The summed E-state index contributed by atoms with van der Waals surface area (Å²) in [5.41, 5.74) is 3.28. The fraction of sp³-hybridized carbons (Fsp3) is 0.533. The van der Waals surface area contributed by atoms with E-state index in [0.717, 1.165) is 30.2 Å². The predicted octanol–water partition coefficient (Wildman–Crippen LogP) is 3.53. The van der Waals surface area contributed by atoms with Crippen LogP contribution < -0.4 is 4.90 Å². The Morgan fingerprint density at radius 2 is 2.17 bits per heavy atom. The predicted molar refractivity (Wildman–Crippen MR) is 79.9 cm³/mol. The summed E-state index contributed by atoms with van der Waals surface area (Å²) in [6.45, 7) is 4.37. The Hall–Kier alpha value is -0.960. The first kappa shape index (κ1) is 13.5. The third-order valence-corrected chi connectivity index (χ3v) is 4.84. The molecule has 0 saturated carbocycles. The first-order valence-corrected chi connectivity index (χ1v) is 7.87. The molecule has 1 aromatic carbocycles. The molecule has 1 aliphatic heterocycles. The lowest BCUT2D eigenvalue weighted by molar-refractivity contribution is 0.112. The Bertz CT molecular complexity index is 419. The third-order valence-electron chi connectivity index (χ3n) is 3.71. The summed E-state index contributed by atoms with van der Waals surface area (Å²) in [5, 5.41) is 0.810. The van der Waals surface area contributed by atoms with E-state index in [-0.39, 0.29) is 0 Å². The highest BCUT2D eigenvalue weighted by Gasteiger charge is 2.17. The van der Waals surface area contributed by atoms with Gasteiger partial charge in [-0.25, -0.2) is 0 Å². The van der Waals surface area contributed by atoms with Crippen LogP contribution in [0.5, 0.6) is 0 Å². The van der Waals surface area contributed by atoms with E-state index in [2.05, 4.69) is 24.1 Å². The number of hydrogen-bond donors (Lipinski definition) is 0. The standard InChI is InChI=1S/C15H21NOS/c1-12-10-13(11-17)5-6-15(12)16-8-3-4-14(18-2)7-9-16/h5-6,10-11,14H,3-4,7-9H2,1-2H3. The van der Waals surface area contributed by atoms with Gasteiger partial charge in [-0.1, -0.05) is 0 Å². The molecule has 1 fully saturated rings. The molecule has 0 radical (unpaired) electrons. The maximum atomic E-state index is 10.8. The number of nitrogens with zero attached hydrogens (tertiary/aromatic N) is 1. The highest BCUT2D eigenvalue weighted by atomic mass is 32.2. The van der Waals surface area contributed by atoms with Crippen LogP contribution in [0.4, 0.5) is 5.69 Å². The van der Waals surface area contributed by atoms with Crippen molar-refractivity contribution in [2.45, 2.75) is 31.4 Å². The minimum atomic E-state index is 0.771. The van der Waals surface area contributed by atoms with Crippen molar-refractivity contribution in [2.24, 2.45) is 0 Å². The Morgan fingerprint density at radius 1 is 1.33 bits per heavy atom. The van der Waals surface area contributed by atoms with Gasteiger partial charge in [-0.2, -0.15) is 11.8 Å². The number of thioether (sulfide) groups is 1. The second-order valence-corrected chi connectivity index (χ2v) is 6.08. The summed E-state index contributed by atoms with van der Waals surface area (Å²) < 4.78 is 0. The topological polar surface area (TPSA) is 20.3 Å². The zero-order valence-corrected chi connectivity index (χ0v) is 12.0. The van der Waals surface area contributed by atoms with Gasteiger partial charge < -0.3 is 4.90 Å². The van der Waals surface area contributed by atoms with E-state index in [9.17, 15) is 4.79 Å². The number of anilines is 1. The fourth-order valence-electron chi connectivity index (χ4n) is 2.65.